The lowest BCUT2D eigenvalue weighted by atomic mass is 9.93. The van der Waals surface area contributed by atoms with Crippen molar-refractivity contribution >= 4 is 39.1 Å². The number of hydrogen-bond donors (Lipinski definition) is 1. The summed E-state index contributed by atoms with van der Waals surface area (Å²) in [6.07, 6.45) is 0.939. The number of carbonyl (C=O) groups excluding carboxylic acids is 2. The zero-order chi connectivity index (χ0) is 19.7. The van der Waals surface area contributed by atoms with Crippen molar-refractivity contribution in [2.75, 3.05) is 43.1 Å². The Hall–Kier alpha value is -2.54. The quantitative estimate of drug-likeness (QED) is 0.788. The lowest BCUT2D eigenvalue weighted by Crippen LogP contribution is -2.47. The van der Waals surface area contributed by atoms with E-state index in [1.165, 1.54) is 16.2 Å². The van der Waals surface area contributed by atoms with Crippen LogP contribution in [0.2, 0.25) is 0 Å². The first-order valence-corrected chi connectivity index (χ1v) is 10.1. The van der Waals surface area contributed by atoms with Crippen molar-refractivity contribution in [3.05, 3.63) is 52.5 Å². The number of rotatable bonds is 4. The van der Waals surface area contributed by atoms with Crippen LogP contribution in [0.4, 0.5) is 11.4 Å². The minimum atomic E-state index is -0.212. The molecule has 0 unspecified atom stereocenters. The van der Waals surface area contributed by atoms with Gasteiger partial charge in [0.25, 0.3) is 5.91 Å². The summed E-state index contributed by atoms with van der Waals surface area (Å²) in [5.74, 6) is 0.571. The fraction of sp³-hybridized carbons (Fsp3) is 0.333. The molecule has 1 atom stereocenters. The van der Waals surface area contributed by atoms with E-state index in [1.807, 2.05) is 24.3 Å². The summed E-state index contributed by atoms with van der Waals surface area (Å²) >= 11 is 3.39. The van der Waals surface area contributed by atoms with Gasteiger partial charge in [-0.1, -0.05) is 34.1 Å². The van der Waals surface area contributed by atoms with Crippen LogP contribution in [-0.2, 0) is 16.0 Å². The van der Waals surface area contributed by atoms with Gasteiger partial charge in [0.15, 0.2) is 6.61 Å². The van der Waals surface area contributed by atoms with Crippen LogP contribution in [0.5, 0.6) is 5.75 Å². The number of fused-ring (bicyclic) bond motifs is 2. The second-order valence-electron chi connectivity index (χ2n) is 7.26. The fourth-order valence-corrected chi connectivity index (χ4v) is 4.20. The third-order valence-corrected chi connectivity index (χ3v) is 5.69. The summed E-state index contributed by atoms with van der Waals surface area (Å²) in [5.41, 5.74) is 3.19. The molecular formula is C21H22BrN3O3. The molecule has 2 heterocycles. The maximum atomic E-state index is 12.5. The first-order chi connectivity index (χ1) is 13.5. The van der Waals surface area contributed by atoms with Gasteiger partial charge in [0.1, 0.15) is 12.3 Å². The number of amides is 2. The van der Waals surface area contributed by atoms with E-state index in [-0.39, 0.29) is 25.0 Å². The average molecular weight is 444 g/mol. The smallest absolute Gasteiger partial charge is 0.265 e. The Morgan fingerprint density at radius 1 is 1.25 bits per heavy atom. The largest absolute Gasteiger partial charge is 0.482 e. The average Bonchev–Trinajstić information content (AvgIpc) is 2.68. The van der Waals surface area contributed by atoms with Crippen LogP contribution in [0.15, 0.2) is 46.9 Å². The van der Waals surface area contributed by atoms with Crippen LogP contribution < -0.4 is 19.9 Å². The molecule has 2 aromatic carbocycles. The highest BCUT2D eigenvalue weighted by molar-refractivity contribution is 9.10. The molecular weight excluding hydrogens is 422 g/mol. The van der Waals surface area contributed by atoms with E-state index >= 15 is 0 Å². The van der Waals surface area contributed by atoms with E-state index in [9.17, 15) is 9.59 Å². The van der Waals surface area contributed by atoms with Gasteiger partial charge in [0.2, 0.25) is 5.91 Å². The molecule has 0 saturated carbocycles. The third-order valence-electron chi connectivity index (χ3n) is 5.20. The molecule has 28 heavy (non-hydrogen) atoms. The van der Waals surface area contributed by atoms with Gasteiger partial charge in [0, 0.05) is 30.3 Å². The number of carbonyl (C=O) groups is 2. The first kappa shape index (κ1) is 18.8. The molecule has 0 bridgehead atoms. The second-order valence-corrected chi connectivity index (χ2v) is 8.18. The molecule has 0 saturated heterocycles. The van der Waals surface area contributed by atoms with E-state index < -0.39 is 0 Å². The Balaban J connectivity index is 1.37. The van der Waals surface area contributed by atoms with E-state index in [1.54, 1.807) is 6.07 Å². The van der Waals surface area contributed by atoms with Crippen molar-refractivity contribution in [1.29, 1.82) is 0 Å². The molecule has 2 aliphatic heterocycles. The summed E-state index contributed by atoms with van der Waals surface area (Å²) in [4.78, 5) is 28.5. The zero-order valence-electron chi connectivity index (χ0n) is 15.7. The third kappa shape index (κ3) is 3.85. The molecule has 0 spiro atoms. The molecule has 1 N–H and O–H groups in total. The Morgan fingerprint density at radius 2 is 2.07 bits per heavy atom. The minimum Gasteiger partial charge on any atom is -0.482 e. The van der Waals surface area contributed by atoms with Crippen LogP contribution in [0.3, 0.4) is 0 Å². The van der Waals surface area contributed by atoms with Gasteiger partial charge in [-0.25, -0.2) is 0 Å². The standard InChI is InChI=1S/C21H22BrN3O3/c1-24-11-14(8-15-4-2-3-5-17(15)24)10-23-20(26)12-25-18-7-6-16(22)9-19(18)28-13-21(25)27/h2-7,9,14H,8,10-13H2,1H3,(H,23,26)/t14-/m1/s1. The molecule has 6 nitrogen and oxygen atoms in total. The Kier molecular flexibility index (Phi) is 5.26. The SMILES string of the molecule is CN1C[C@@H](CNC(=O)CN2C(=O)COc3cc(Br)ccc32)Cc2ccccc21. The van der Waals surface area contributed by atoms with Gasteiger partial charge in [-0.2, -0.15) is 0 Å². The molecule has 0 aliphatic carbocycles. The lowest BCUT2D eigenvalue weighted by molar-refractivity contribution is -0.125. The van der Waals surface area contributed by atoms with Gasteiger partial charge in [0.05, 0.1) is 5.69 Å². The monoisotopic (exact) mass is 443 g/mol. The zero-order valence-corrected chi connectivity index (χ0v) is 17.2. The van der Waals surface area contributed by atoms with Gasteiger partial charge >= 0.3 is 0 Å². The van der Waals surface area contributed by atoms with E-state index in [2.05, 4.69) is 45.3 Å². The van der Waals surface area contributed by atoms with Crippen molar-refractivity contribution in [3.8, 4) is 5.75 Å². The molecule has 2 aromatic rings. The van der Waals surface area contributed by atoms with Crippen LogP contribution in [-0.4, -0.2) is 45.1 Å². The van der Waals surface area contributed by atoms with Crippen molar-refractivity contribution in [2.45, 2.75) is 6.42 Å². The van der Waals surface area contributed by atoms with Crippen molar-refractivity contribution < 1.29 is 14.3 Å². The summed E-state index contributed by atoms with van der Waals surface area (Å²) in [7, 11) is 2.08. The van der Waals surface area contributed by atoms with Gasteiger partial charge in [-0.05, 0) is 42.2 Å². The highest BCUT2D eigenvalue weighted by Gasteiger charge is 2.28. The van der Waals surface area contributed by atoms with E-state index in [0.29, 0.717) is 23.9 Å². The Bertz CT molecular complexity index is 918. The fourth-order valence-electron chi connectivity index (χ4n) is 3.86. The molecule has 2 amide bonds. The van der Waals surface area contributed by atoms with Crippen molar-refractivity contribution in [1.82, 2.24) is 5.32 Å². The Morgan fingerprint density at radius 3 is 2.93 bits per heavy atom. The molecule has 0 radical (unpaired) electrons. The predicted molar refractivity (Wildman–Crippen MR) is 112 cm³/mol. The summed E-state index contributed by atoms with van der Waals surface area (Å²) in [6, 6.07) is 13.8. The predicted octanol–water partition coefficient (Wildman–Crippen LogP) is 2.60. The summed E-state index contributed by atoms with van der Waals surface area (Å²) < 4.78 is 6.34. The number of halogens is 1. The van der Waals surface area contributed by atoms with Gasteiger partial charge in [-0.3, -0.25) is 14.5 Å². The second kappa shape index (κ2) is 7.83. The topological polar surface area (TPSA) is 61.9 Å². The normalized spacial score (nSPS) is 18.2. The Labute approximate surface area is 172 Å². The molecule has 7 heteroatoms. The van der Waals surface area contributed by atoms with Gasteiger partial charge < -0.3 is 15.0 Å². The maximum Gasteiger partial charge on any atom is 0.265 e. The number of nitrogens with zero attached hydrogens (tertiary/aromatic N) is 2. The molecule has 0 fully saturated rings. The molecule has 0 aromatic heterocycles. The number of anilines is 2. The van der Waals surface area contributed by atoms with Crippen LogP contribution in [0, 0.1) is 5.92 Å². The van der Waals surface area contributed by atoms with E-state index in [0.717, 1.165) is 17.4 Å². The maximum absolute atomic E-state index is 12.5. The van der Waals surface area contributed by atoms with Gasteiger partial charge in [-0.15, -0.1) is 0 Å². The molecule has 4 rings (SSSR count). The minimum absolute atomic E-state index is 0.00400. The number of nitrogens with one attached hydrogen (secondary N) is 1. The number of benzene rings is 2. The van der Waals surface area contributed by atoms with Crippen LogP contribution in [0.25, 0.3) is 0 Å². The number of ether oxygens (including phenoxy) is 1. The number of para-hydroxylation sites is 1. The van der Waals surface area contributed by atoms with Crippen molar-refractivity contribution in [2.24, 2.45) is 5.92 Å². The number of hydrogen-bond acceptors (Lipinski definition) is 4. The summed E-state index contributed by atoms with van der Waals surface area (Å²) in [5, 5.41) is 3.00. The molecule has 2 aliphatic rings. The summed E-state index contributed by atoms with van der Waals surface area (Å²) in [6.45, 7) is 1.42. The van der Waals surface area contributed by atoms with Crippen molar-refractivity contribution in [3.63, 3.8) is 0 Å². The van der Waals surface area contributed by atoms with Crippen LogP contribution >= 0.6 is 15.9 Å². The van der Waals surface area contributed by atoms with E-state index in [4.69, 9.17) is 4.74 Å². The first-order valence-electron chi connectivity index (χ1n) is 9.29. The van der Waals surface area contributed by atoms with Crippen LogP contribution in [0.1, 0.15) is 5.56 Å². The highest BCUT2D eigenvalue weighted by Crippen LogP contribution is 2.34. The molecule has 146 valence electrons. The lowest BCUT2D eigenvalue weighted by Gasteiger charge is -2.34. The highest BCUT2D eigenvalue weighted by atomic mass is 79.9.